The van der Waals surface area contributed by atoms with E-state index in [1.54, 1.807) is 32.0 Å². The Morgan fingerprint density at radius 2 is 1.85 bits per heavy atom. The number of unbranched alkanes of at least 4 members (excludes halogenated alkanes) is 2. The molecule has 1 saturated heterocycles. The molecule has 4 atom stereocenters. The molecule has 2 amide bonds. The number of para-hydroxylation sites is 1. The molecule has 9 nitrogen and oxygen atoms in total. The zero-order valence-electron chi connectivity index (χ0n) is 22.6. The summed E-state index contributed by atoms with van der Waals surface area (Å²) in [6.45, 7) is 3.95. The van der Waals surface area contributed by atoms with Crippen LogP contribution >= 0.6 is 0 Å². The van der Waals surface area contributed by atoms with Crippen molar-refractivity contribution < 1.29 is 38.9 Å². The van der Waals surface area contributed by atoms with Gasteiger partial charge in [0.25, 0.3) is 0 Å². The Kier molecular flexibility index (Phi) is 7.49. The van der Waals surface area contributed by atoms with Gasteiger partial charge in [0.05, 0.1) is 18.4 Å². The van der Waals surface area contributed by atoms with Crippen LogP contribution in [-0.4, -0.2) is 57.6 Å². The van der Waals surface area contributed by atoms with Crippen LogP contribution in [0.1, 0.15) is 63.9 Å². The Hall–Kier alpha value is -4.01. The largest absolute Gasteiger partial charge is 0.504 e. The number of hydrogen-bond acceptors (Lipinski definition) is 7. The summed E-state index contributed by atoms with van der Waals surface area (Å²) in [7, 11) is 0. The van der Waals surface area contributed by atoms with E-state index in [0.717, 1.165) is 5.57 Å². The van der Waals surface area contributed by atoms with Gasteiger partial charge in [-0.2, -0.15) is 0 Å². The Morgan fingerprint density at radius 1 is 1.07 bits per heavy atom. The molecule has 0 spiro atoms. The number of likely N-dealkylation sites (tertiary alicyclic amines) is 1. The molecular formula is C31H33NO8. The second kappa shape index (κ2) is 10.9. The molecule has 210 valence electrons. The average molecular weight is 548 g/mol. The third-order valence-corrected chi connectivity index (χ3v) is 8.57. The molecule has 4 aliphatic rings. The first-order valence-corrected chi connectivity index (χ1v) is 13.9. The summed E-state index contributed by atoms with van der Waals surface area (Å²) in [5.74, 6) is -4.27. The van der Waals surface area contributed by atoms with Crippen LogP contribution < -0.4 is 4.74 Å². The van der Waals surface area contributed by atoms with Crippen LogP contribution in [0.25, 0.3) is 0 Å². The third kappa shape index (κ3) is 4.57. The standard InChI is InChI=1S/C31H33NO8/c1-3-40-23-9-7-8-18(29(23)37)25-17-11-12-19-26(20(17)15-21-22(33)14-16(2)28(36)27(21)25)31(39)32(30(19)38)13-6-4-5-10-24(34)35/h7-9,11,14,19-20,25-26,37H,3-6,10,12-13,15H2,1-2H3,(H,34,35). The summed E-state index contributed by atoms with van der Waals surface area (Å²) >= 11 is 0. The van der Waals surface area contributed by atoms with Crippen molar-refractivity contribution in [2.75, 3.05) is 13.2 Å². The van der Waals surface area contributed by atoms with Crippen molar-refractivity contribution in [2.24, 2.45) is 17.8 Å². The van der Waals surface area contributed by atoms with Crippen LogP contribution in [0.15, 0.2) is 52.6 Å². The van der Waals surface area contributed by atoms with Gasteiger partial charge < -0.3 is 14.9 Å². The molecular weight excluding hydrogens is 514 g/mol. The number of ether oxygens (including phenoxy) is 1. The van der Waals surface area contributed by atoms with E-state index in [2.05, 4.69) is 0 Å². The second-order valence-electron chi connectivity index (χ2n) is 10.9. The number of ketones is 2. The number of phenols is 1. The number of carboxylic acids is 1. The number of Topliss-reactive ketones (excluding diaryl/α,β-unsaturated/α-hetero) is 1. The maximum Gasteiger partial charge on any atom is 0.303 e. The molecule has 40 heavy (non-hydrogen) atoms. The average Bonchev–Trinajstić information content (AvgIpc) is 3.16. The summed E-state index contributed by atoms with van der Waals surface area (Å²) in [5.41, 5.74) is 2.17. The van der Waals surface area contributed by atoms with E-state index >= 15 is 0 Å². The topological polar surface area (TPSA) is 138 Å². The van der Waals surface area contributed by atoms with Gasteiger partial charge in [0.2, 0.25) is 11.8 Å². The van der Waals surface area contributed by atoms with Crippen molar-refractivity contribution in [2.45, 2.75) is 58.3 Å². The van der Waals surface area contributed by atoms with Gasteiger partial charge in [-0.05, 0) is 57.6 Å². The lowest BCUT2D eigenvalue weighted by molar-refractivity contribution is -0.141. The predicted molar refractivity (Wildman–Crippen MR) is 143 cm³/mol. The van der Waals surface area contributed by atoms with Crippen molar-refractivity contribution in [3.63, 3.8) is 0 Å². The van der Waals surface area contributed by atoms with Gasteiger partial charge in [-0.3, -0.25) is 28.9 Å². The quantitative estimate of drug-likeness (QED) is 0.206. The van der Waals surface area contributed by atoms with Gasteiger partial charge in [-0.15, -0.1) is 0 Å². The molecule has 4 unspecified atom stereocenters. The van der Waals surface area contributed by atoms with E-state index in [-0.39, 0.29) is 54.3 Å². The maximum atomic E-state index is 13.7. The van der Waals surface area contributed by atoms with Crippen LogP contribution in [0.4, 0.5) is 0 Å². The van der Waals surface area contributed by atoms with Crippen LogP contribution in [-0.2, 0) is 24.0 Å². The molecule has 0 saturated carbocycles. The third-order valence-electron chi connectivity index (χ3n) is 8.57. The predicted octanol–water partition coefficient (Wildman–Crippen LogP) is 3.87. The lowest BCUT2D eigenvalue weighted by atomic mass is 9.59. The lowest BCUT2D eigenvalue weighted by Gasteiger charge is -2.42. The molecule has 1 fully saturated rings. The van der Waals surface area contributed by atoms with Crippen LogP contribution in [0, 0.1) is 17.8 Å². The lowest BCUT2D eigenvalue weighted by Crippen LogP contribution is -2.40. The smallest absolute Gasteiger partial charge is 0.303 e. The number of carbonyl (C=O) groups excluding carboxylic acids is 4. The SMILES string of the molecule is CCOc1cccc(C2C3=CCC4C(=O)N(CCCCCC(=O)O)C(=O)C4C3CC3=C2C(=O)C(C)=CC3=O)c1O. The number of benzene rings is 1. The minimum Gasteiger partial charge on any atom is -0.504 e. The number of imide groups is 1. The number of hydrogen-bond donors (Lipinski definition) is 2. The minimum absolute atomic E-state index is 0.0410. The fraction of sp³-hybridized carbons (Fsp3) is 0.452. The number of amides is 2. The van der Waals surface area contributed by atoms with Crippen molar-refractivity contribution in [1.29, 1.82) is 0 Å². The Morgan fingerprint density at radius 3 is 2.58 bits per heavy atom. The molecule has 9 heteroatoms. The molecule has 3 aliphatic carbocycles. The molecule has 0 radical (unpaired) electrons. The van der Waals surface area contributed by atoms with Gasteiger partial charge in [0.1, 0.15) is 0 Å². The highest BCUT2D eigenvalue weighted by Gasteiger charge is 2.56. The molecule has 5 rings (SSSR count). The van der Waals surface area contributed by atoms with Crippen molar-refractivity contribution in [3.05, 3.63) is 58.2 Å². The highest BCUT2D eigenvalue weighted by molar-refractivity contribution is 6.24. The number of aromatic hydroxyl groups is 1. The first kappa shape index (κ1) is 27.6. The molecule has 1 aromatic rings. The Balaban J connectivity index is 1.52. The summed E-state index contributed by atoms with van der Waals surface area (Å²) in [5, 5.41) is 20.1. The number of carbonyl (C=O) groups is 5. The number of nitrogens with zero attached hydrogens (tertiary/aromatic N) is 1. The number of rotatable bonds is 9. The summed E-state index contributed by atoms with van der Waals surface area (Å²) in [6, 6.07) is 5.07. The minimum atomic E-state index is -0.878. The molecule has 0 aromatic heterocycles. The van der Waals surface area contributed by atoms with E-state index in [4.69, 9.17) is 9.84 Å². The zero-order valence-corrected chi connectivity index (χ0v) is 22.6. The molecule has 1 heterocycles. The van der Waals surface area contributed by atoms with Gasteiger partial charge in [0.15, 0.2) is 23.1 Å². The van der Waals surface area contributed by atoms with Crippen molar-refractivity contribution in [3.8, 4) is 11.5 Å². The molecule has 1 aliphatic heterocycles. The molecule has 0 bridgehead atoms. The van der Waals surface area contributed by atoms with E-state index in [0.29, 0.717) is 54.6 Å². The van der Waals surface area contributed by atoms with Gasteiger partial charge in [-0.1, -0.05) is 30.2 Å². The molecule has 1 aromatic carbocycles. The van der Waals surface area contributed by atoms with Gasteiger partial charge in [-0.25, -0.2) is 0 Å². The van der Waals surface area contributed by atoms with E-state index in [9.17, 15) is 29.1 Å². The zero-order chi connectivity index (χ0) is 28.7. The maximum absolute atomic E-state index is 13.7. The van der Waals surface area contributed by atoms with E-state index in [1.807, 2.05) is 6.08 Å². The van der Waals surface area contributed by atoms with Crippen molar-refractivity contribution >= 4 is 29.4 Å². The Bertz CT molecular complexity index is 1400. The molecule has 2 N–H and O–H groups in total. The second-order valence-corrected chi connectivity index (χ2v) is 10.9. The first-order chi connectivity index (χ1) is 19.1. The van der Waals surface area contributed by atoms with Crippen LogP contribution in [0.3, 0.4) is 0 Å². The highest BCUT2D eigenvalue weighted by atomic mass is 16.5. The summed E-state index contributed by atoms with van der Waals surface area (Å²) in [6.07, 6.45) is 5.35. The summed E-state index contributed by atoms with van der Waals surface area (Å²) < 4.78 is 5.60. The fourth-order valence-corrected chi connectivity index (χ4v) is 6.77. The highest BCUT2D eigenvalue weighted by Crippen LogP contribution is 2.56. The number of allylic oxidation sites excluding steroid dienone is 6. The van der Waals surface area contributed by atoms with E-state index < -0.39 is 29.6 Å². The number of fused-ring (bicyclic) bond motifs is 3. The van der Waals surface area contributed by atoms with E-state index in [1.165, 1.54) is 11.0 Å². The number of aliphatic carboxylic acids is 1. The van der Waals surface area contributed by atoms with Gasteiger partial charge >= 0.3 is 5.97 Å². The number of carboxylic acid groups (broad SMARTS) is 1. The van der Waals surface area contributed by atoms with Crippen LogP contribution in [0.2, 0.25) is 0 Å². The fourth-order valence-electron chi connectivity index (χ4n) is 6.77. The normalized spacial score (nSPS) is 25.8. The van der Waals surface area contributed by atoms with Crippen LogP contribution in [0.5, 0.6) is 11.5 Å². The Labute approximate surface area is 232 Å². The van der Waals surface area contributed by atoms with Gasteiger partial charge in [0, 0.05) is 41.2 Å². The summed E-state index contributed by atoms with van der Waals surface area (Å²) in [4.78, 5) is 65.9. The first-order valence-electron chi connectivity index (χ1n) is 13.9. The number of phenolic OH excluding ortho intramolecular Hbond substituents is 1. The van der Waals surface area contributed by atoms with Crippen molar-refractivity contribution in [1.82, 2.24) is 4.90 Å². The monoisotopic (exact) mass is 547 g/mol.